The number of benzene rings is 2. The average molecular weight is 502 g/mol. The van der Waals surface area contributed by atoms with Crippen molar-refractivity contribution in [1.82, 2.24) is 5.43 Å². The largest absolute Gasteiger partial charge is 0.369 e. The first-order chi connectivity index (χ1) is 17.1. The van der Waals surface area contributed by atoms with Crippen LogP contribution in [0.1, 0.15) is 52.5 Å². The van der Waals surface area contributed by atoms with Crippen molar-refractivity contribution in [2.45, 2.75) is 52.4 Å². The monoisotopic (exact) mass is 501 g/mol. The molecule has 2 aromatic carbocycles. The Morgan fingerprint density at radius 1 is 1.03 bits per heavy atom. The van der Waals surface area contributed by atoms with Crippen molar-refractivity contribution in [2.75, 3.05) is 28.6 Å². The number of urea groups is 1. The molecule has 2 amide bonds. The molecule has 0 saturated heterocycles. The first-order valence-corrected chi connectivity index (χ1v) is 12.3. The third-order valence-electron chi connectivity index (χ3n) is 6.41. The van der Waals surface area contributed by atoms with Gasteiger partial charge in [0.05, 0.1) is 22.5 Å². The van der Waals surface area contributed by atoms with Gasteiger partial charge in [-0.3, -0.25) is 0 Å². The van der Waals surface area contributed by atoms with Gasteiger partial charge in [-0.15, -0.1) is 0 Å². The number of hydrogen-bond acceptors (Lipinski definition) is 5. The summed E-state index contributed by atoms with van der Waals surface area (Å²) in [5, 5.41) is 9.24. The summed E-state index contributed by atoms with van der Waals surface area (Å²) in [5.41, 5.74) is 4.36. The number of carbonyl (C=O) groups is 1. The van der Waals surface area contributed by atoms with Gasteiger partial charge < -0.3 is 26.8 Å². The molecule has 0 radical (unpaired) electrons. The molecule has 1 aliphatic rings. The molecule has 196 valence electrons. The highest BCUT2D eigenvalue weighted by molar-refractivity contribution is 6.02. The molecule has 0 aromatic heterocycles. The molecular formula is C26H37F2N7O. The summed E-state index contributed by atoms with van der Waals surface area (Å²) in [4.78, 5) is 15.2. The number of carbonyl (C=O) groups excluding carboxylic acids is 1. The SMILES string of the molecule is CC(C)CN(CC(C)C)c1ccc(C2(/C(=N/N)NN)CCC2)cc1NC(=O)Nc1ccc(F)cc1F. The number of halogens is 2. The first kappa shape index (κ1) is 27.2. The Labute approximate surface area is 211 Å². The lowest BCUT2D eigenvalue weighted by atomic mass is 9.63. The minimum atomic E-state index is -0.855. The van der Waals surface area contributed by atoms with E-state index in [1.54, 1.807) is 0 Å². The van der Waals surface area contributed by atoms with Crippen LogP contribution in [0.25, 0.3) is 0 Å². The molecule has 0 spiro atoms. The van der Waals surface area contributed by atoms with Gasteiger partial charge in [0, 0.05) is 19.2 Å². The number of amides is 2. The van der Waals surface area contributed by atoms with Crippen LogP contribution in [0.4, 0.5) is 30.6 Å². The van der Waals surface area contributed by atoms with Gasteiger partial charge in [-0.2, -0.15) is 5.10 Å². The van der Waals surface area contributed by atoms with E-state index in [-0.39, 0.29) is 5.69 Å². The Hall–Kier alpha value is -3.40. The highest BCUT2D eigenvalue weighted by atomic mass is 19.1. The van der Waals surface area contributed by atoms with E-state index < -0.39 is 23.1 Å². The van der Waals surface area contributed by atoms with E-state index in [1.807, 2.05) is 18.2 Å². The smallest absolute Gasteiger partial charge is 0.323 e. The van der Waals surface area contributed by atoms with E-state index in [4.69, 9.17) is 11.7 Å². The van der Waals surface area contributed by atoms with Crippen LogP contribution >= 0.6 is 0 Å². The molecule has 0 atom stereocenters. The fourth-order valence-electron chi connectivity index (χ4n) is 4.72. The van der Waals surface area contributed by atoms with E-state index in [0.717, 1.165) is 55.7 Å². The van der Waals surface area contributed by atoms with Crippen LogP contribution in [0.3, 0.4) is 0 Å². The number of hydrazine groups is 1. The standard InChI is InChI=1S/C26H37F2N7O/c1-16(2)14-35(15-17(3)4)23-9-6-18(26(10-5-11-26)24(33-29)34-30)12-22(23)32-25(36)31-21-8-7-19(27)13-20(21)28/h6-9,12-13,16-17H,5,10-11,14-15,29-30H2,1-4H3,(H,33,34)(H2,31,32,36). The van der Waals surface area contributed by atoms with E-state index in [2.05, 4.69) is 53.8 Å². The van der Waals surface area contributed by atoms with Gasteiger partial charge in [-0.05, 0) is 54.5 Å². The number of rotatable bonds is 9. The molecule has 0 unspecified atom stereocenters. The fraction of sp³-hybridized carbons (Fsp3) is 0.462. The van der Waals surface area contributed by atoms with Crippen LogP contribution in [0.2, 0.25) is 0 Å². The van der Waals surface area contributed by atoms with Gasteiger partial charge in [0.25, 0.3) is 0 Å². The Bertz CT molecular complexity index is 1090. The maximum absolute atomic E-state index is 14.2. The van der Waals surface area contributed by atoms with E-state index >= 15 is 0 Å². The normalized spacial score (nSPS) is 15.0. The zero-order valence-electron chi connectivity index (χ0n) is 21.4. The van der Waals surface area contributed by atoms with E-state index in [1.165, 1.54) is 6.07 Å². The molecular weight excluding hydrogens is 464 g/mol. The quantitative estimate of drug-likeness (QED) is 0.145. The maximum Gasteiger partial charge on any atom is 0.323 e. The average Bonchev–Trinajstić information content (AvgIpc) is 2.77. The minimum Gasteiger partial charge on any atom is -0.369 e. The van der Waals surface area contributed by atoms with E-state index in [9.17, 15) is 13.6 Å². The second-order valence-corrected chi connectivity index (χ2v) is 10.2. The molecule has 3 rings (SSSR count). The summed E-state index contributed by atoms with van der Waals surface area (Å²) in [6, 6.07) is 8.28. The number of hydrogen-bond donors (Lipinski definition) is 5. The molecule has 2 aromatic rings. The summed E-state index contributed by atoms with van der Waals surface area (Å²) < 4.78 is 27.4. The van der Waals surface area contributed by atoms with Crippen molar-refractivity contribution >= 4 is 28.9 Å². The van der Waals surface area contributed by atoms with Crippen molar-refractivity contribution < 1.29 is 13.6 Å². The number of nitrogens with zero attached hydrogens (tertiary/aromatic N) is 2. The van der Waals surface area contributed by atoms with E-state index in [0.29, 0.717) is 23.4 Å². The van der Waals surface area contributed by atoms with Crippen LogP contribution in [-0.4, -0.2) is 25.0 Å². The molecule has 1 saturated carbocycles. The maximum atomic E-state index is 14.2. The van der Waals surface area contributed by atoms with Crippen molar-refractivity contribution in [1.29, 1.82) is 0 Å². The highest BCUT2D eigenvalue weighted by Gasteiger charge is 2.44. The third kappa shape index (κ3) is 6.04. The lowest BCUT2D eigenvalue weighted by Crippen LogP contribution is -2.52. The Morgan fingerprint density at radius 2 is 1.67 bits per heavy atom. The number of hydrazone groups is 1. The van der Waals surface area contributed by atoms with Crippen LogP contribution < -0.4 is 32.6 Å². The zero-order valence-corrected chi connectivity index (χ0v) is 21.4. The van der Waals surface area contributed by atoms with Gasteiger partial charge in [0.15, 0.2) is 0 Å². The van der Waals surface area contributed by atoms with Crippen LogP contribution in [0.5, 0.6) is 0 Å². The number of amidine groups is 1. The number of nitrogens with one attached hydrogen (secondary N) is 3. The Balaban J connectivity index is 2.02. The second-order valence-electron chi connectivity index (χ2n) is 10.2. The summed E-state index contributed by atoms with van der Waals surface area (Å²) in [5.74, 6) is 11.0. The Kier molecular flexibility index (Phi) is 8.73. The summed E-state index contributed by atoms with van der Waals surface area (Å²) >= 11 is 0. The molecule has 8 nitrogen and oxygen atoms in total. The van der Waals surface area contributed by atoms with Crippen LogP contribution in [-0.2, 0) is 5.41 Å². The van der Waals surface area contributed by atoms with Gasteiger partial charge in [0.2, 0.25) is 0 Å². The number of nitrogens with two attached hydrogens (primary N) is 2. The predicted octanol–water partition coefficient (Wildman–Crippen LogP) is 4.88. The lowest BCUT2D eigenvalue weighted by molar-refractivity contribution is 0.262. The summed E-state index contributed by atoms with van der Waals surface area (Å²) in [6.07, 6.45) is 2.60. The van der Waals surface area contributed by atoms with Crippen molar-refractivity contribution in [3.8, 4) is 0 Å². The van der Waals surface area contributed by atoms with Crippen LogP contribution in [0, 0.1) is 23.5 Å². The van der Waals surface area contributed by atoms with Gasteiger partial charge in [-0.25, -0.2) is 19.4 Å². The molecule has 0 heterocycles. The van der Waals surface area contributed by atoms with Crippen LogP contribution in [0.15, 0.2) is 41.5 Å². The summed E-state index contributed by atoms with van der Waals surface area (Å²) in [6.45, 7) is 10.1. The van der Waals surface area contributed by atoms with Gasteiger partial charge >= 0.3 is 6.03 Å². The minimum absolute atomic E-state index is 0.117. The lowest BCUT2D eigenvalue weighted by Gasteiger charge is -2.43. The van der Waals surface area contributed by atoms with Crippen molar-refractivity contribution in [3.05, 3.63) is 53.6 Å². The molecule has 0 bridgehead atoms. The molecule has 1 aliphatic carbocycles. The fourth-order valence-corrected chi connectivity index (χ4v) is 4.72. The Morgan fingerprint density at radius 3 is 2.17 bits per heavy atom. The highest BCUT2D eigenvalue weighted by Crippen LogP contribution is 2.46. The molecule has 36 heavy (non-hydrogen) atoms. The molecule has 7 N–H and O–H groups in total. The number of anilines is 3. The zero-order chi connectivity index (χ0) is 26.5. The first-order valence-electron chi connectivity index (χ1n) is 12.3. The predicted molar refractivity (Wildman–Crippen MR) is 142 cm³/mol. The second kappa shape index (κ2) is 11.6. The van der Waals surface area contributed by atoms with Gasteiger partial charge in [-0.1, -0.05) is 40.2 Å². The van der Waals surface area contributed by atoms with Gasteiger partial charge in [0.1, 0.15) is 17.5 Å². The molecule has 10 heteroatoms. The topological polar surface area (TPSA) is 121 Å². The third-order valence-corrected chi connectivity index (χ3v) is 6.41. The van der Waals surface area contributed by atoms with Crippen molar-refractivity contribution in [2.24, 2.45) is 28.6 Å². The van der Waals surface area contributed by atoms with Crippen molar-refractivity contribution in [3.63, 3.8) is 0 Å². The molecule has 1 fully saturated rings. The summed E-state index contributed by atoms with van der Waals surface area (Å²) in [7, 11) is 0. The molecule has 0 aliphatic heterocycles.